The molecule has 0 aliphatic heterocycles. The molecule has 0 fully saturated rings. The summed E-state index contributed by atoms with van der Waals surface area (Å²) in [6, 6.07) is 12.0. The van der Waals surface area contributed by atoms with E-state index in [1.54, 1.807) is 6.20 Å². The van der Waals surface area contributed by atoms with Gasteiger partial charge in [-0.2, -0.15) is 0 Å². The fourth-order valence-corrected chi connectivity index (χ4v) is 2.45. The SMILES string of the molecule is Nc1ccc2cc(-n3ccc4ccncc43)ncc2c1. The molecule has 4 rings (SSSR count). The first-order valence-corrected chi connectivity index (χ1v) is 6.38. The highest BCUT2D eigenvalue weighted by Gasteiger charge is 2.05. The predicted molar refractivity (Wildman–Crippen MR) is 80.8 cm³/mol. The van der Waals surface area contributed by atoms with E-state index >= 15 is 0 Å². The van der Waals surface area contributed by atoms with E-state index in [1.165, 1.54) is 0 Å². The molecule has 20 heavy (non-hydrogen) atoms. The van der Waals surface area contributed by atoms with Crippen LogP contribution in [0.25, 0.3) is 27.5 Å². The van der Waals surface area contributed by atoms with Crippen LogP contribution in [-0.4, -0.2) is 14.5 Å². The highest BCUT2D eigenvalue weighted by Crippen LogP contribution is 2.22. The topological polar surface area (TPSA) is 56.7 Å². The summed E-state index contributed by atoms with van der Waals surface area (Å²) in [6.07, 6.45) is 7.51. The molecule has 1 aromatic carbocycles. The molecule has 0 saturated carbocycles. The summed E-state index contributed by atoms with van der Waals surface area (Å²) in [5, 5.41) is 3.32. The van der Waals surface area contributed by atoms with Crippen LogP contribution in [0.2, 0.25) is 0 Å². The molecule has 2 N–H and O–H groups in total. The van der Waals surface area contributed by atoms with Crippen LogP contribution >= 0.6 is 0 Å². The number of anilines is 1. The van der Waals surface area contributed by atoms with Crippen LogP contribution in [0.5, 0.6) is 0 Å². The lowest BCUT2D eigenvalue weighted by Gasteiger charge is -2.06. The van der Waals surface area contributed by atoms with Crippen molar-refractivity contribution in [2.45, 2.75) is 0 Å². The van der Waals surface area contributed by atoms with Crippen molar-refractivity contribution >= 4 is 27.4 Å². The molecule has 0 saturated heterocycles. The summed E-state index contributed by atoms with van der Waals surface area (Å²) in [4.78, 5) is 8.70. The van der Waals surface area contributed by atoms with Crippen LogP contribution in [0.15, 0.2) is 61.2 Å². The van der Waals surface area contributed by atoms with Crippen LogP contribution < -0.4 is 5.73 Å². The van der Waals surface area contributed by atoms with E-state index in [0.717, 1.165) is 33.2 Å². The van der Waals surface area contributed by atoms with Crippen LogP contribution in [0.4, 0.5) is 5.69 Å². The lowest BCUT2D eigenvalue weighted by molar-refractivity contribution is 1.05. The fraction of sp³-hybridized carbons (Fsp3) is 0. The van der Waals surface area contributed by atoms with Crippen LogP contribution in [0, 0.1) is 0 Å². The molecular weight excluding hydrogens is 248 g/mol. The Balaban J connectivity index is 1.96. The van der Waals surface area contributed by atoms with Gasteiger partial charge in [-0.05, 0) is 35.7 Å². The van der Waals surface area contributed by atoms with Gasteiger partial charge in [0.2, 0.25) is 0 Å². The molecule has 0 amide bonds. The molecule has 4 nitrogen and oxygen atoms in total. The van der Waals surface area contributed by atoms with E-state index in [0.29, 0.717) is 0 Å². The van der Waals surface area contributed by atoms with Gasteiger partial charge in [0.15, 0.2) is 0 Å². The average molecular weight is 260 g/mol. The third-order valence-electron chi connectivity index (χ3n) is 3.47. The van der Waals surface area contributed by atoms with Gasteiger partial charge in [-0.15, -0.1) is 0 Å². The zero-order valence-electron chi connectivity index (χ0n) is 10.7. The molecular formula is C16H12N4. The van der Waals surface area contributed by atoms with Gasteiger partial charge in [0, 0.05) is 35.1 Å². The van der Waals surface area contributed by atoms with Gasteiger partial charge in [-0.25, -0.2) is 4.98 Å². The number of nitrogens with two attached hydrogens (primary N) is 1. The third kappa shape index (κ3) is 1.62. The first kappa shape index (κ1) is 11.0. The van der Waals surface area contributed by atoms with Crippen molar-refractivity contribution in [1.29, 1.82) is 0 Å². The molecule has 0 radical (unpaired) electrons. The van der Waals surface area contributed by atoms with E-state index in [-0.39, 0.29) is 0 Å². The molecule has 4 heteroatoms. The van der Waals surface area contributed by atoms with Gasteiger partial charge in [-0.3, -0.25) is 9.55 Å². The predicted octanol–water partition coefficient (Wildman–Crippen LogP) is 3.16. The van der Waals surface area contributed by atoms with Gasteiger partial charge >= 0.3 is 0 Å². The first-order valence-electron chi connectivity index (χ1n) is 6.38. The van der Waals surface area contributed by atoms with Crippen molar-refractivity contribution in [3.8, 4) is 5.82 Å². The molecule has 0 aliphatic carbocycles. The molecule has 0 bridgehead atoms. The van der Waals surface area contributed by atoms with Crippen molar-refractivity contribution < 1.29 is 0 Å². The zero-order chi connectivity index (χ0) is 13.5. The summed E-state index contributed by atoms with van der Waals surface area (Å²) in [7, 11) is 0. The van der Waals surface area contributed by atoms with Crippen molar-refractivity contribution in [1.82, 2.24) is 14.5 Å². The quantitative estimate of drug-likeness (QED) is 0.535. The van der Waals surface area contributed by atoms with E-state index < -0.39 is 0 Å². The first-order chi connectivity index (χ1) is 9.81. The second-order valence-electron chi connectivity index (χ2n) is 4.77. The van der Waals surface area contributed by atoms with E-state index in [2.05, 4.69) is 22.1 Å². The Bertz CT molecular complexity index is 924. The molecule has 4 aromatic rings. The molecule has 3 aromatic heterocycles. The van der Waals surface area contributed by atoms with Gasteiger partial charge in [-0.1, -0.05) is 6.07 Å². The largest absolute Gasteiger partial charge is 0.399 e. The minimum atomic E-state index is 0.752. The number of pyridine rings is 2. The van der Waals surface area contributed by atoms with Gasteiger partial charge in [0.25, 0.3) is 0 Å². The lowest BCUT2D eigenvalue weighted by atomic mass is 10.1. The average Bonchev–Trinajstić information content (AvgIpc) is 2.91. The second kappa shape index (κ2) is 4.06. The smallest absolute Gasteiger partial charge is 0.137 e. The van der Waals surface area contributed by atoms with Crippen LogP contribution in [0.3, 0.4) is 0 Å². The fourth-order valence-electron chi connectivity index (χ4n) is 2.45. The summed E-state index contributed by atoms with van der Waals surface area (Å²) < 4.78 is 2.04. The Morgan fingerprint density at radius 1 is 0.900 bits per heavy atom. The molecule has 3 heterocycles. The van der Waals surface area contributed by atoms with Crippen molar-refractivity contribution in [2.24, 2.45) is 0 Å². The number of hydrogen-bond acceptors (Lipinski definition) is 3. The minimum Gasteiger partial charge on any atom is -0.399 e. The number of nitrogen functional groups attached to an aromatic ring is 1. The summed E-state index contributed by atoms with van der Waals surface area (Å²) in [6.45, 7) is 0. The van der Waals surface area contributed by atoms with Gasteiger partial charge < -0.3 is 5.73 Å². The molecule has 0 spiro atoms. The van der Waals surface area contributed by atoms with Crippen molar-refractivity contribution in [3.63, 3.8) is 0 Å². The zero-order valence-corrected chi connectivity index (χ0v) is 10.7. The van der Waals surface area contributed by atoms with Crippen LogP contribution in [0.1, 0.15) is 0 Å². The Kier molecular flexibility index (Phi) is 2.23. The Morgan fingerprint density at radius 3 is 2.80 bits per heavy atom. The molecule has 0 atom stereocenters. The number of hydrogen-bond donors (Lipinski definition) is 1. The number of rotatable bonds is 1. The van der Waals surface area contributed by atoms with Gasteiger partial charge in [0.05, 0.1) is 11.7 Å². The standard InChI is InChI=1S/C16H12N4/c17-14-2-1-12-8-16(19-9-13(12)7-14)20-6-4-11-3-5-18-10-15(11)20/h1-10H,17H2. The normalized spacial score (nSPS) is 11.2. The highest BCUT2D eigenvalue weighted by molar-refractivity contribution is 5.87. The van der Waals surface area contributed by atoms with Gasteiger partial charge in [0.1, 0.15) is 5.82 Å². The van der Waals surface area contributed by atoms with E-state index in [1.807, 2.05) is 47.4 Å². The summed E-state index contributed by atoms with van der Waals surface area (Å²) in [5.74, 6) is 0.880. The lowest BCUT2D eigenvalue weighted by Crippen LogP contribution is -1.96. The third-order valence-corrected chi connectivity index (χ3v) is 3.47. The maximum absolute atomic E-state index is 5.79. The minimum absolute atomic E-state index is 0.752. The number of benzene rings is 1. The van der Waals surface area contributed by atoms with Crippen LogP contribution in [-0.2, 0) is 0 Å². The Hall–Kier alpha value is -2.88. The monoisotopic (exact) mass is 260 g/mol. The van der Waals surface area contributed by atoms with E-state index in [4.69, 9.17) is 5.73 Å². The number of aromatic nitrogens is 3. The number of fused-ring (bicyclic) bond motifs is 2. The Labute approximate surface area is 115 Å². The summed E-state index contributed by atoms with van der Waals surface area (Å²) >= 11 is 0. The van der Waals surface area contributed by atoms with Crippen molar-refractivity contribution in [3.05, 3.63) is 61.2 Å². The maximum Gasteiger partial charge on any atom is 0.137 e. The maximum atomic E-state index is 5.79. The molecule has 96 valence electrons. The van der Waals surface area contributed by atoms with E-state index in [9.17, 15) is 0 Å². The molecule has 0 unspecified atom stereocenters. The summed E-state index contributed by atoms with van der Waals surface area (Å²) in [5.41, 5.74) is 7.59. The highest BCUT2D eigenvalue weighted by atomic mass is 15.1. The number of nitrogens with zero attached hydrogens (tertiary/aromatic N) is 3. The molecule has 0 aliphatic rings. The Morgan fingerprint density at radius 2 is 1.85 bits per heavy atom. The van der Waals surface area contributed by atoms with Crippen molar-refractivity contribution in [2.75, 3.05) is 5.73 Å². The second-order valence-corrected chi connectivity index (χ2v) is 4.77.